The molecular formula is C20H20N2OS2. The number of amides is 1. The average Bonchev–Trinajstić information content (AvgIpc) is 2.97. The fourth-order valence-corrected chi connectivity index (χ4v) is 3.93. The molecule has 1 heterocycles. The van der Waals surface area contributed by atoms with E-state index in [1.54, 1.807) is 0 Å². The summed E-state index contributed by atoms with van der Waals surface area (Å²) in [5, 5.41) is 0. The van der Waals surface area contributed by atoms with Crippen LogP contribution in [-0.2, 0) is 11.3 Å². The summed E-state index contributed by atoms with van der Waals surface area (Å²) < 4.78 is 0.811. The van der Waals surface area contributed by atoms with Gasteiger partial charge >= 0.3 is 0 Å². The molecule has 0 fully saturated rings. The molecule has 0 aromatic heterocycles. The first-order chi connectivity index (χ1) is 12.0. The van der Waals surface area contributed by atoms with Gasteiger partial charge in [-0.2, -0.15) is 4.99 Å². The van der Waals surface area contributed by atoms with Gasteiger partial charge in [-0.05, 0) is 42.5 Å². The molecule has 1 aliphatic rings. The predicted molar refractivity (Wildman–Crippen MR) is 111 cm³/mol. The Bertz CT molecular complexity index is 824. The van der Waals surface area contributed by atoms with E-state index in [9.17, 15) is 4.79 Å². The van der Waals surface area contributed by atoms with Crippen LogP contribution in [0.4, 0.5) is 5.69 Å². The zero-order valence-corrected chi connectivity index (χ0v) is 16.2. The monoisotopic (exact) mass is 368 g/mol. The molecule has 0 atom stereocenters. The van der Waals surface area contributed by atoms with Crippen LogP contribution in [0.25, 0.3) is 6.08 Å². The Kier molecular flexibility index (Phi) is 5.66. The van der Waals surface area contributed by atoms with Crippen molar-refractivity contribution in [1.29, 1.82) is 0 Å². The number of benzene rings is 2. The molecular weight excluding hydrogens is 348 g/mol. The van der Waals surface area contributed by atoms with Gasteiger partial charge in [0.05, 0.1) is 4.91 Å². The summed E-state index contributed by atoms with van der Waals surface area (Å²) in [7, 11) is 2.09. The summed E-state index contributed by atoms with van der Waals surface area (Å²) in [6, 6.07) is 16.9. The largest absolute Gasteiger partial charge is 0.370 e. The second-order valence-corrected chi connectivity index (χ2v) is 8.01. The minimum Gasteiger partial charge on any atom is -0.370 e. The van der Waals surface area contributed by atoms with Crippen molar-refractivity contribution in [1.82, 2.24) is 0 Å². The third-order valence-electron chi connectivity index (χ3n) is 3.95. The van der Waals surface area contributed by atoms with Gasteiger partial charge in [0, 0.05) is 19.3 Å². The minimum absolute atomic E-state index is 0.144. The number of aryl methyl sites for hydroxylation is 1. The molecule has 5 heteroatoms. The molecule has 0 saturated heterocycles. The van der Waals surface area contributed by atoms with Crippen LogP contribution in [0.3, 0.4) is 0 Å². The molecule has 0 radical (unpaired) electrons. The summed E-state index contributed by atoms with van der Waals surface area (Å²) in [5.41, 5.74) is 4.72. The Morgan fingerprint density at radius 2 is 1.80 bits per heavy atom. The SMILES string of the molecule is CSC1=NC(=O)/C(=C/c2ccc(N(C)Cc3ccc(C)cc3)cc2)S1. The maximum Gasteiger partial charge on any atom is 0.285 e. The van der Waals surface area contributed by atoms with E-state index in [0.29, 0.717) is 4.91 Å². The van der Waals surface area contributed by atoms with Gasteiger partial charge in [-0.15, -0.1) is 11.8 Å². The van der Waals surface area contributed by atoms with E-state index < -0.39 is 0 Å². The number of rotatable bonds is 4. The second-order valence-electron chi connectivity index (χ2n) is 5.93. The molecule has 1 aliphatic heterocycles. The van der Waals surface area contributed by atoms with E-state index in [1.165, 1.54) is 34.7 Å². The van der Waals surface area contributed by atoms with Crippen LogP contribution in [0.1, 0.15) is 16.7 Å². The van der Waals surface area contributed by atoms with Gasteiger partial charge in [-0.1, -0.05) is 53.7 Å². The number of anilines is 1. The third kappa shape index (κ3) is 4.55. The van der Waals surface area contributed by atoms with Crippen molar-refractivity contribution in [3.05, 3.63) is 70.1 Å². The summed E-state index contributed by atoms with van der Waals surface area (Å²) in [6.07, 6.45) is 3.84. The van der Waals surface area contributed by atoms with Crippen LogP contribution in [0, 0.1) is 6.92 Å². The van der Waals surface area contributed by atoms with Gasteiger partial charge in [0.15, 0.2) is 0 Å². The molecule has 0 unspecified atom stereocenters. The molecule has 0 aliphatic carbocycles. The first kappa shape index (κ1) is 17.8. The molecule has 0 bridgehead atoms. The molecule has 0 N–H and O–H groups in total. The van der Waals surface area contributed by atoms with Crippen LogP contribution in [0.5, 0.6) is 0 Å². The smallest absolute Gasteiger partial charge is 0.285 e. The van der Waals surface area contributed by atoms with E-state index in [4.69, 9.17) is 0 Å². The molecule has 3 nitrogen and oxygen atoms in total. The van der Waals surface area contributed by atoms with Crippen LogP contribution in [0.2, 0.25) is 0 Å². The van der Waals surface area contributed by atoms with Crippen molar-refractivity contribution in [2.45, 2.75) is 13.5 Å². The maximum absolute atomic E-state index is 11.9. The van der Waals surface area contributed by atoms with Crippen molar-refractivity contribution in [2.75, 3.05) is 18.2 Å². The van der Waals surface area contributed by atoms with Gasteiger partial charge in [-0.3, -0.25) is 4.79 Å². The maximum atomic E-state index is 11.9. The highest BCUT2D eigenvalue weighted by Gasteiger charge is 2.20. The quantitative estimate of drug-likeness (QED) is 0.714. The van der Waals surface area contributed by atoms with Crippen molar-refractivity contribution < 1.29 is 4.79 Å². The Labute approximate surface area is 157 Å². The lowest BCUT2D eigenvalue weighted by Gasteiger charge is -2.19. The van der Waals surface area contributed by atoms with Gasteiger partial charge in [0.2, 0.25) is 0 Å². The minimum atomic E-state index is -0.144. The van der Waals surface area contributed by atoms with E-state index in [2.05, 4.69) is 60.3 Å². The predicted octanol–water partition coefficient (Wildman–Crippen LogP) is 4.96. The summed E-state index contributed by atoms with van der Waals surface area (Å²) in [6.45, 7) is 2.96. The molecule has 2 aromatic carbocycles. The van der Waals surface area contributed by atoms with Crippen LogP contribution in [-0.4, -0.2) is 23.6 Å². The first-order valence-electron chi connectivity index (χ1n) is 7.98. The number of hydrogen-bond acceptors (Lipinski definition) is 4. The van der Waals surface area contributed by atoms with Gasteiger partial charge in [0.25, 0.3) is 5.91 Å². The summed E-state index contributed by atoms with van der Waals surface area (Å²) in [4.78, 5) is 18.8. The number of carbonyl (C=O) groups excluding carboxylic acids is 1. The number of nitrogens with zero attached hydrogens (tertiary/aromatic N) is 2. The van der Waals surface area contributed by atoms with Crippen LogP contribution < -0.4 is 4.90 Å². The number of hydrogen-bond donors (Lipinski definition) is 0. The molecule has 0 saturated carbocycles. The standard InChI is InChI=1S/C20H20N2OS2/c1-14-4-6-16(7-5-14)13-22(2)17-10-8-15(9-11-17)12-18-19(23)21-20(24-3)25-18/h4-12H,13H2,1-3H3/b18-12-. The molecule has 2 aromatic rings. The van der Waals surface area contributed by atoms with Crippen molar-refractivity contribution in [2.24, 2.45) is 4.99 Å². The Morgan fingerprint density at radius 1 is 1.12 bits per heavy atom. The lowest BCUT2D eigenvalue weighted by molar-refractivity contribution is -0.113. The van der Waals surface area contributed by atoms with Crippen molar-refractivity contribution >= 4 is 45.6 Å². The van der Waals surface area contributed by atoms with Gasteiger partial charge in [0.1, 0.15) is 4.38 Å². The lowest BCUT2D eigenvalue weighted by atomic mass is 10.1. The van der Waals surface area contributed by atoms with Gasteiger partial charge < -0.3 is 4.90 Å². The molecule has 25 heavy (non-hydrogen) atoms. The lowest BCUT2D eigenvalue weighted by Crippen LogP contribution is -2.16. The topological polar surface area (TPSA) is 32.7 Å². The molecule has 1 amide bonds. The van der Waals surface area contributed by atoms with Crippen molar-refractivity contribution in [3.8, 4) is 0 Å². The Balaban J connectivity index is 1.68. The Morgan fingerprint density at radius 3 is 2.40 bits per heavy atom. The van der Waals surface area contributed by atoms with Crippen LogP contribution in [0.15, 0.2) is 58.4 Å². The third-order valence-corrected chi connectivity index (χ3v) is 5.92. The number of thioether (sulfide) groups is 2. The van der Waals surface area contributed by atoms with Gasteiger partial charge in [-0.25, -0.2) is 0 Å². The summed E-state index contributed by atoms with van der Waals surface area (Å²) in [5.74, 6) is -0.144. The second kappa shape index (κ2) is 7.93. The zero-order chi connectivity index (χ0) is 17.8. The molecule has 0 spiro atoms. The van der Waals surface area contributed by atoms with E-state index >= 15 is 0 Å². The van der Waals surface area contributed by atoms with E-state index in [-0.39, 0.29) is 5.91 Å². The Hall–Kier alpha value is -1.98. The normalized spacial score (nSPS) is 15.6. The summed E-state index contributed by atoms with van der Waals surface area (Å²) >= 11 is 2.94. The van der Waals surface area contributed by atoms with E-state index in [1.807, 2.05) is 24.5 Å². The molecule has 3 rings (SSSR count). The average molecular weight is 369 g/mol. The fourth-order valence-electron chi connectivity index (χ4n) is 2.51. The van der Waals surface area contributed by atoms with E-state index in [0.717, 1.165) is 22.2 Å². The number of carbonyl (C=O) groups is 1. The first-order valence-corrected chi connectivity index (χ1v) is 10.0. The highest BCUT2D eigenvalue weighted by atomic mass is 32.2. The molecule has 128 valence electrons. The highest BCUT2D eigenvalue weighted by molar-refractivity contribution is 8.40. The fraction of sp³-hybridized carbons (Fsp3) is 0.200. The highest BCUT2D eigenvalue weighted by Crippen LogP contribution is 2.32. The zero-order valence-electron chi connectivity index (χ0n) is 14.5. The van der Waals surface area contributed by atoms with Crippen LogP contribution >= 0.6 is 23.5 Å². The number of aliphatic imine (C=N–C) groups is 1. The van der Waals surface area contributed by atoms with Crippen molar-refractivity contribution in [3.63, 3.8) is 0 Å².